The van der Waals surface area contributed by atoms with Gasteiger partial charge < -0.3 is 15.0 Å². The van der Waals surface area contributed by atoms with Crippen molar-refractivity contribution in [3.8, 4) is 0 Å². The topological polar surface area (TPSA) is 24.5 Å². The number of nitrogens with one attached hydrogen (secondary N) is 1. The van der Waals surface area contributed by atoms with Gasteiger partial charge in [0.25, 0.3) is 0 Å². The predicted molar refractivity (Wildman–Crippen MR) is 76.0 cm³/mol. The zero-order valence-corrected chi connectivity index (χ0v) is 11.6. The number of hydrogen-bond acceptors (Lipinski definition) is 3. The number of rotatable bonds is 4. The highest BCUT2D eigenvalue weighted by atomic mass is 16.5. The van der Waals surface area contributed by atoms with E-state index in [1.807, 2.05) is 0 Å². The molecule has 0 aromatic heterocycles. The van der Waals surface area contributed by atoms with E-state index in [1.165, 1.54) is 11.3 Å². The zero-order valence-electron chi connectivity index (χ0n) is 11.6. The molecule has 1 aromatic carbocycles. The van der Waals surface area contributed by atoms with Crippen LogP contribution in [0.2, 0.25) is 0 Å². The molecule has 1 unspecified atom stereocenters. The summed E-state index contributed by atoms with van der Waals surface area (Å²) in [6.07, 6.45) is 0. The van der Waals surface area contributed by atoms with E-state index >= 15 is 0 Å². The Bertz CT molecular complexity index is 379. The lowest BCUT2D eigenvalue weighted by atomic mass is 10.0. The highest BCUT2D eigenvalue weighted by molar-refractivity contribution is 5.54. The van der Waals surface area contributed by atoms with E-state index in [0.29, 0.717) is 18.6 Å². The molecule has 0 radical (unpaired) electrons. The molecule has 2 rings (SSSR count). The molecule has 0 amide bonds. The van der Waals surface area contributed by atoms with Gasteiger partial charge in [0.2, 0.25) is 0 Å². The number of ether oxygens (including phenoxy) is 1. The van der Waals surface area contributed by atoms with Crippen LogP contribution in [-0.4, -0.2) is 32.8 Å². The van der Waals surface area contributed by atoms with Crippen molar-refractivity contribution in [3.63, 3.8) is 0 Å². The van der Waals surface area contributed by atoms with Crippen LogP contribution in [0.25, 0.3) is 0 Å². The van der Waals surface area contributed by atoms with Crippen LogP contribution in [0.3, 0.4) is 0 Å². The Kier molecular flexibility index (Phi) is 4.61. The number of benzene rings is 1. The Hall–Kier alpha value is -1.06. The van der Waals surface area contributed by atoms with Gasteiger partial charge in [0.1, 0.15) is 0 Å². The van der Waals surface area contributed by atoms with E-state index in [2.05, 4.69) is 48.3 Å². The monoisotopic (exact) mass is 248 g/mol. The van der Waals surface area contributed by atoms with Crippen molar-refractivity contribution in [1.82, 2.24) is 5.32 Å². The van der Waals surface area contributed by atoms with Gasteiger partial charge in [-0.25, -0.2) is 0 Å². The molecule has 1 atom stereocenters. The maximum absolute atomic E-state index is 5.29. The molecule has 1 fully saturated rings. The normalized spacial score (nSPS) is 20.4. The van der Waals surface area contributed by atoms with Gasteiger partial charge in [0.15, 0.2) is 0 Å². The van der Waals surface area contributed by atoms with E-state index in [9.17, 15) is 0 Å². The number of anilines is 1. The maximum atomic E-state index is 5.29. The fraction of sp³-hybridized carbons (Fsp3) is 0.600. The molecule has 0 spiro atoms. The Morgan fingerprint density at radius 1 is 1.39 bits per heavy atom. The summed E-state index contributed by atoms with van der Waals surface area (Å²) >= 11 is 0. The molecule has 1 heterocycles. The Balaban J connectivity index is 2.15. The van der Waals surface area contributed by atoms with Crippen LogP contribution in [0.5, 0.6) is 0 Å². The van der Waals surface area contributed by atoms with Gasteiger partial charge in [-0.1, -0.05) is 32.0 Å². The molecule has 1 N–H and O–H groups in total. The standard InChI is InChI=1S/C15H24N2O/c1-12(2)14-10-17(9-8-16-14)15-7-5-4-6-13(15)11-18-3/h4-7,12,14,16H,8-11H2,1-3H3. The smallest absolute Gasteiger partial charge is 0.0733 e. The van der Waals surface area contributed by atoms with Gasteiger partial charge in [0, 0.05) is 44.0 Å². The number of nitrogens with zero attached hydrogens (tertiary/aromatic N) is 1. The summed E-state index contributed by atoms with van der Waals surface area (Å²) in [6.45, 7) is 8.46. The van der Waals surface area contributed by atoms with Gasteiger partial charge in [-0.3, -0.25) is 0 Å². The quantitative estimate of drug-likeness (QED) is 0.884. The van der Waals surface area contributed by atoms with Crippen LogP contribution in [0.1, 0.15) is 19.4 Å². The summed E-state index contributed by atoms with van der Waals surface area (Å²) < 4.78 is 5.29. The first-order chi connectivity index (χ1) is 8.72. The predicted octanol–water partition coefficient (Wildman–Crippen LogP) is 2.27. The fourth-order valence-electron chi connectivity index (χ4n) is 2.54. The van der Waals surface area contributed by atoms with Crippen molar-refractivity contribution in [2.45, 2.75) is 26.5 Å². The first-order valence-corrected chi connectivity index (χ1v) is 6.77. The van der Waals surface area contributed by atoms with Gasteiger partial charge >= 0.3 is 0 Å². The molecule has 3 nitrogen and oxygen atoms in total. The average Bonchev–Trinajstić information content (AvgIpc) is 2.40. The van der Waals surface area contributed by atoms with Crippen molar-refractivity contribution in [2.24, 2.45) is 5.92 Å². The first-order valence-electron chi connectivity index (χ1n) is 6.77. The van der Waals surface area contributed by atoms with Crippen molar-refractivity contribution in [3.05, 3.63) is 29.8 Å². The summed E-state index contributed by atoms with van der Waals surface area (Å²) in [5, 5.41) is 3.60. The van der Waals surface area contributed by atoms with Crippen molar-refractivity contribution < 1.29 is 4.74 Å². The second-order valence-corrected chi connectivity index (χ2v) is 5.31. The molecule has 100 valence electrons. The second kappa shape index (κ2) is 6.21. The van der Waals surface area contributed by atoms with E-state index in [-0.39, 0.29) is 0 Å². The third kappa shape index (κ3) is 3.03. The molecule has 0 bridgehead atoms. The third-order valence-electron chi connectivity index (χ3n) is 3.64. The number of para-hydroxylation sites is 1. The Labute approximate surface area is 110 Å². The zero-order chi connectivity index (χ0) is 13.0. The Morgan fingerprint density at radius 2 is 2.17 bits per heavy atom. The minimum atomic E-state index is 0.578. The molecule has 1 aliphatic heterocycles. The lowest BCUT2D eigenvalue weighted by Gasteiger charge is -2.38. The number of piperazine rings is 1. The summed E-state index contributed by atoms with van der Waals surface area (Å²) in [4.78, 5) is 2.48. The largest absolute Gasteiger partial charge is 0.380 e. The lowest BCUT2D eigenvalue weighted by Crippen LogP contribution is -2.53. The number of methoxy groups -OCH3 is 1. The SMILES string of the molecule is COCc1ccccc1N1CCNC(C(C)C)C1. The highest BCUT2D eigenvalue weighted by Gasteiger charge is 2.22. The van der Waals surface area contributed by atoms with Crippen LogP contribution < -0.4 is 10.2 Å². The van der Waals surface area contributed by atoms with E-state index < -0.39 is 0 Å². The molecular formula is C15H24N2O. The molecule has 1 saturated heterocycles. The van der Waals surface area contributed by atoms with E-state index in [1.54, 1.807) is 7.11 Å². The minimum Gasteiger partial charge on any atom is -0.380 e. The van der Waals surface area contributed by atoms with Crippen LogP contribution in [-0.2, 0) is 11.3 Å². The highest BCUT2D eigenvalue weighted by Crippen LogP contribution is 2.23. The van der Waals surface area contributed by atoms with Crippen molar-refractivity contribution >= 4 is 5.69 Å². The molecule has 0 aliphatic carbocycles. The summed E-state index contributed by atoms with van der Waals surface area (Å²) in [7, 11) is 1.76. The fourth-order valence-corrected chi connectivity index (χ4v) is 2.54. The van der Waals surface area contributed by atoms with Crippen molar-refractivity contribution in [2.75, 3.05) is 31.6 Å². The van der Waals surface area contributed by atoms with Crippen LogP contribution in [0.15, 0.2) is 24.3 Å². The summed E-state index contributed by atoms with van der Waals surface area (Å²) in [5.74, 6) is 0.669. The van der Waals surface area contributed by atoms with E-state index in [4.69, 9.17) is 4.74 Å². The summed E-state index contributed by atoms with van der Waals surface area (Å²) in [5.41, 5.74) is 2.61. The number of hydrogen-bond donors (Lipinski definition) is 1. The molecule has 1 aromatic rings. The molecular weight excluding hydrogens is 224 g/mol. The molecule has 18 heavy (non-hydrogen) atoms. The average molecular weight is 248 g/mol. The van der Waals surface area contributed by atoms with Crippen LogP contribution >= 0.6 is 0 Å². The van der Waals surface area contributed by atoms with Crippen molar-refractivity contribution in [1.29, 1.82) is 0 Å². The van der Waals surface area contributed by atoms with Gasteiger partial charge in [-0.2, -0.15) is 0 Å². The first kappa shape index (κ1) is 13.4. The van der Waals surface area contributed by atoms with Crippen LogP contribution in [0, 0.1) is 5.92 Å². The third-order valence-corrected chi connectivity index (χ3v) is 3.64. The van der Waals surface area contributed by atoms with Crippen LogP contribution in [0.4, 0.5) is 5.69 Å². The lowest BCUT2D eigenvalue weighted by molar-refractivity contribution is 0.185. The summed E-state index contributed by atoms with van der Waals surface area (Å²) in [6, 6.07) is 9.14. The molecule has 3 heteroatoms. The molecule has 1 aliphatic rings. The van der Waals surface area contributed by atoms with Gasteiger partial charge in [0.05, 0.1) is 6.61 Å². The van der Waals surface area contributed by atoms with Gasteiger partial charge in [-0.05, 0) is 12.0 Å². The van der Waals surface area contributed by atoms with E-state index in [0.717, 1.165) is 19.6 Å². The second-order valence-electron chi connectivity index (χ2n) is 5.31. The Morgan fingerprint density at radius 3 is 2.89 bits per heavy atom. The maximum Gasteiger partial charge on any atom is 0.0733 e. The van der Waals surface area contributed by atoms with Gasteiger partial charge in [-0.15, -0.1) is 0 Å². The minimum absolute atomic E-state index is 0.578. The molecule has 0 saturated carbocycles.